The zero-order valence-electron chi connectivity index (χ0n) is 18.4. The maximum absolute atomic E-state index is 6.58. The van der Waals surface area contributed by atoms with Crippen molar-refractivity contribution in [2.45, 2.75) is 6.42 Å². The second-order valence-corrected chi connectivity index (χ2v) is 8.00. The quantitative estimate of drug-likeness (QED) is 0.352. The van der Waals surface area contributed by atoms with E-state index in [9.17, 15) is 0 Å². The van der Waals surface area contributed by atoms with Crippen molar-refractivity contribution in [1.29, 1.82) is 0 Å². The minimum absolute atomic E-state index is 0.429. The first kappa shape index (κ1) is 21.7. The molecule has 5 rings (SSSR count). The van der Waals surface area contributed by atoms with Gasteiger partial charge in [-0.1, -0.05) is 29.8 Å². The molecule has 3 N–H and O–H groups in total. The SMILES string of the molecule is COc1ccccc1-c1nc(NCCc2ccccn2)nc2nn(-c3ccc(Cl)cc3)c(N)c12. The number of aromatic nitrogens is 5. The van der Waals surface area contributed by atoms with E-state index < -0.39 is 0 Å². The molecule has 0 fully saturated rings. The molecular formula is C25H22ClN7O. The molecule has 0 atom stereocenters. The number of ether oxygens (including phenoxy) is 1. The van der Waals surface area contributed by atoms with Crippen molar-refractivity contribution in [3.63, 3.8) is 0 Å². The Kier molecular flexibility index (Phi) is 5.97. The number of benzene rings is 2. The second-order valence-electron chi connectivity index (χ2n) is 7.57. The fourth-order valence-corrected chi connectivity index (χ4v) is 3.88. The van der Waals surface area contributed by atoms with Crippen LogP contribution in [0, 0.1) is 0 Å². The van der Waals surface area contributed by atoms with E-state index in [-0.39, 0.29) is 0 Å². The van der Waals surface area contributed by atoms with E-state index in [2.05, 4.69) is 20.4 Å². The first-order valence-corrected chi connectivity index (χ1v) is 11.1. The van der Waals surface area contributed by atoms with Gasteiger partial charge in [0.05, 0.1) is 23.9 Å². The van der Waals surface area contributed by atoms with Crippen LogP contribution in [0.1, 0.15) is 5.69 Å². The van der Waals surface area contributed by atoms with E-state index in [4.69, 9.17) is 27.1 Å². The van der Waals surface area contributed by atoms with Gasteiger partial charge in [-0.25, -0.2) is 9.67 Å². The molecule has 34 heavy (non-hydrogen) atoms. The molecule has 3 aromatic heterocycles. The number of hydrogen-bond acceptors (Lipinski definition) is 7. The van der Waals surface area contributed by atoms with Crippen LogP contribution < -0.4 is 15.8 Å². The van der Waals surface area contributed by atoms with Crippen molar-refractivity contribution in [1.82, 2.24) is 24.7 Å². The molecule has 0 aliphatic heterocycles. The number of halogens is 1. The summed E-state index contributed by atoms with van der Waals surface area (Å²) >= 11 is 6.06. The Morgan fingerprint density at radius 1 is 1.00 bits per heavy atom. The van der Waals surface area contributed by atoms with E-state index in [0.717, 1.165) is 23.4 Å². The number of anilines is 2. The lowest BCUT2D eigenvalue weighted by molar-refractivity contribution is 0.416. The van der Waals surface area contributed by atoms with Crippen molar-refractivity contribution < 1.29 is 4.74 Å². The number of nitrogen functional groups attached to an aromatic ring is 1. The summed E-state index contributed by atoms with van der Waals surface area (Å²) in [6, 6.07) is 20.8. The highest BCUT2D eigenvalue weighted by molar-refractivity contribution is 6.30. The largest absolute Gasteiger partial charge is 0.496 e. The van der Waals surface area contributed by atoms with E-state index >= 15 is 0 Å². The zero-order valence-corrected chi connectivity index (χ0v) is 19.2. The number of methoxy groups -OCH3 is 1. The minimum atomic E-state index is 0.429. The molecule has 0 unspecified atom stereocenters. The van der Waals surface area contributed by atoms with Gasteiger partial charge >= 0.3 is 0 Å². The number of para-hydroxylation sites is 1. The van der Waals surface area contributed by atoms with Crippen LogP contribution in [0.5, 0.6) is 5.75 Å². The van der Waals surface area contributed by atoms with Crippen LogP contribution in [0.4, 0.5) is 11.8 Å². The normalized spacial score (nSPS) is 11.0. The van der Waals surface area contributed by atoms with E-state index in [1.165, 1.54) is 0 Å². The van der Waals surface area contributed by atoms with E-state index in [1.807, 2.05) is 54.6 Å². The highest BCUT2D eigenvalue weighted by Gasteiger charge is 2.21. The van der Waals surface area contributed by atoms with Gasteiger partial charge in [-0.3, -0.25) is 4.98 Å². The van der Waals surface area contributed by atoms with Crippen molar-refractivity contribution in [2.75, 3.05) is 24.7 Å². The van der Waals surface area contributed by atoms with Crippen LogP contribution in [0.2, 0.25) is 5.02 Å². The van der Waals surface area contributed by atoms with Crippen LogP contribution in [0.25, 0.3) is 28.0 Å². The fraction of sp³-hybridized carbons (Fsp3) is 0.120. The number of fused-ring (bicyclic) bond motifs is 1. The van der Waals surface area contributed by atoms with Gasteiger partial charge in [-0.05, 0) is 48.5 Å². The molecule has 0 bridgehead atoms. The monoisotopic (exact) mass is 471 g/mol. The molecule has 0 aliphatic rings. The summed E-state index contributed by atoms with van der Waals surface area (Å²) in [6.07, 6.45) is 2.51. The number of rotatable bonds is 7. The average molecular weight is 472 g/mol. The summed E-state index contributed by atoms with van der Waals surface area (Å²) in [5, 5.41) is 9.26. The molecule has 0 saturated carbocycles. The summed E-state index contributed by atoms with van der Waals surface area (Å²) in [5.74, 6) is 1.56. The van der Waals surface area contributed by atoms with Gasteiger partial charge in [0.25, 0.3) is 0 Å². The summed E-state index contributed by atoms with van der Waals surface area (Å²) in [6.45, 7) is 0.612. The standard InChI is InChI=1S/C25H22ClN7O/c1-34-20-8-3-2-7-19(20)22-21-23(27)33(18-11-9-16(26)10-12-18)32-24(21)31-25(30-22)29-15-13-17-6-4-5-14-28-17/h2-12,14H,13,15,27H2,1H3,(H,29,31,32). The lowest BCUT2D eigenvalue weighted by Crippen LogP contribution is -2.09. The molecule has 0 radical (unpaired) electrons. The highest BCUT2D eigenvalue weighted by Crippen LogP contribution is 2.37. The maximum atomic E-state index is 6.58. The predicted molar refractivity (Wildman–Crippen MR) is 135 cm³/mol. The van der Waals surface area contributed by atoms with Gasteiger partial charge in [0.1, 0.15) is 11.6 Å². The maximum Gasteiger partial charge on any atom is 0.225 e. The van der Waals surface area contributed by atoms with Crippen LogP contribution >= 0.6 is 11.6 Å². The predicted octanol–water partition coefficient (Wildman–Crippen LogP) is 4.78. The van der Waals surface area contributed by atoms with Crippen molar-refractivity contribution in [3.05, 3.63) is 83.6 Å². The van der Waals surface area contributed by atoms with E-state index in [0.29, 0.717) is 45.8 Å². The molecule has 0 amide bonds. The van der Waals surface area contributed by atoms with Crippen molar-refractivity contribution in [3.8, 4) is 22.7 Å². The summed E-state index contributed by atoms with van der Waals surface area (Å²) in [5.41, 5.74) is 10.3. The number of nitrogens with one attached hydrogen (secondary N) is 1. The topological polar surface area (TPSA) is 104 Å². The third-order valence-electron chi connectivity index (χ3n) is 5.39. The van der Waals surface area contributed by atoms with Crippen LogP contribution in [0.3, 0.4) is 0 Å². The van der Waals surface area contributed by atoms with E-state index in [1.54, 1.807) is 30.1 Å². The third kappa shape index (κ3) is 4.23. The van der Waals surface area contributed by atoms with Gasteiger partial charge < -0.3 is 15.8 Å². The van der Waals surface area contributed by atoms with Gasteiger partial charge in [0.15, 0.2) is 5.65 Å². The average Bonchev–Trinajstić information content (AvgIpc) is 3.21. The van der Waals surface area contributed by atoms with Gasteiger partial charge in [-0.2, -0.15) is 4.98 Å². The van der Waals surface area contributed by atoms with Crippen LogP contribution in [-0.2, 0) is 6.42 Å². The lowest BCUT2D eigenvalue weighted by atomic mass is 10.1. The molecular weight excluding hydrogens is 450 g/mol. The minimum Gasteiger partial charge on any atom is -0.496 e. The fourth-order valence-electron chi connectivity index (χ4n) is 3.75. The number of nitrogens with zero attached hydrogens (tertiary/aromatic N) is 5. The van der Waals surface area contributed by atoms with Gasteiger partial charge in [0.2, 0.25) is 5.95 Å². The Morgan fingerprint density at radius 2 is 1.79 bits per heavy atom. The van der Waals surface area contributed by atoms with Gasteiger partial charge in [-0.15, -0.1) is 5.10 Å². The second kappa shape index (κ2) is 9.36. The molecule has 8 nitrogen and oxygen atoms in total. The molecule has 3 heterocycles. The Morgan fingerprint density at radius 3 is 2.56 bits per heavy atom. The molecule has 9 heteroatoms. The first-order valence-electron chi connectivity index (χ1n) is 10.7. The Hall–Kier alpha value is -4.17. The third-order valence-corrected chi connectivity index (χ3v) is 5.64. The number of nitrogens with two attached hydrogens (primary N) is 1. The summed E-state index contributed by atoms with van der Waals surface area (Å²) in [4.78, 5) is 13.8. The van der Waals surface area contributed by atoms with Gasteiger partial charge in [0, 0.05) is 35.4 Å². The molecule has 170 valence electrons. The molecule has 0 saturated heterocycles. The lowest BCUT2D eigenvalue weighted by Gasteiger charge is -2.11. The highest BCUT2D eigenvalue weighted by atomic mass is 35.5. The Labute approximate surface area is 201 Å². The Bertz CT molecular complexity index is 1440. The van der Waals surface area contributed by atoms with Crippen molar-refractivity contribution in [2.24, 2.45) is 0 Å². The first-order chi connectivity index (χ1) is 16.6. The number of hydrogen-bond donors (Lipinski definition) is 2. The summed E-state index contributed by atoms with van der Waals surface area (Å²) < 4.78 is 7.25. The molecule has 2 aromatic carbocycles. The molecule has 0 spiro atoms. The molecule has 0 aliphatic carbocycles. The van der Waals surface area contributed by atoms with Crippen LogP contribution in [-0.4, -0.2) is 38.4 Å². The van der Waals surface area contributed by atoms with Crippen LogP contribution in [0.15, 0.2) is 72.9 Å². The number of pyridine rings is 1. The van der Waals surface area contributed by atoms with Crippen molar-refractivity contribution >= 4 is 34.4 Å². The Balaban J connectivity index is 1.60. The summed E-state index contributed by atoms with van der Waals surface area (Å²) in [7, 11) is 1.63. The smallest absolute Gasteiger partial charge is 0.225 e. The molecule has 5 aromatic rings. The zero-order chi connectivity index (χ0) is 23.5.